The third kappa shape index (κ3) is 5.69. The van der Waals surface area contributed by atoms with Crippen LogP contribution in [0.3, 0.4) is 0 Å². The minimum Gasteiger partial charge on any atom is -0.345 e. The van der Waals surface area contributed by atoms with E-state index in [1.165, 1.54) is 4.90 Å². The first-order valence-corrected chi connectivity index (χ1v) is 8.69. The van der Waals surface area contributed by atoms with E-state index in [9.17, 15) is 9.59 Å². The number of likely N-dealkylation sites (N-methyl/N-ethyl adjacent to an activating group) is 1. The van der Waals surface area contributed by atoms with Gasteiger partial charge in [-0.2, -0.15) is 0 Å². The lowest BCUT2D eigenvalue weighted by Gasteiger charge is -2.17. The minimum absolute atomic E-state index is 0.0638. The summed E-state index contributed by atoms with van der Waals surface area (Å²) in [6.07, 6.45) is 0. The number of benzene rings is 2. The quantitative estimate of drug-likeness (QED) is 0.805. The zero-order chi connectivity index (χ0) is 18.4. The van der Waals surface area contributed by atoms with Crippen molar-refractivity contribution < 1.29 is 9.59 Å². The summed E-state index contributed by atoms with van der Waals surface area (Å²) >= 11 is 3.52. The zero-order valence-corrected chi connectivity index (χ0v) is 16.2. The Morgan fingerprint density at radius 3 is 2.24 bits per heavy atom. The van der Waals surface area contributed by atoms with Gasteiger partial charge in [0.15, 0.2) is 0 Å². The fourth-order valence-corrected chi connectivity index (χ4v) is 2.78. The van der Waals surface area contributed by atoms with Crippen LogP contribution in [0.25, 0.3) is 0 Å². The fraction of sp³-hybridized carbons (Fsp3) is 0.263. The van der Waals surface area contributed by atoms with Gasteiger partial charge in [0.25, 0.3) is 5.91 Å². The Hall–Kier alpha value is -2.18. The lowest BCUT2D eigenvalue weighted by atomic mass is 10.2. The maximum Gasteiger partial charge on any atom is 0.253 e. The van der Waals surface area contributed by atoms with E-state index >= 15 is 0 Å². The van der Waals surface area contributed by atoms with Gasteiger partial charge < -0.3 is 10.2 Å². The van der Waals surface area contributed by atoms with Crippen LogP contribution in [0.1, 0.15) is 15.9 Å². The Morgan fingerprint density at radius 1 is 1.00 bits per heavy atom. The van der Waals surface area contributed by atoms with Crippen molar-refractivity contribution in [3.63, 3.8) is 0 Å². The highest BCUT2D eigenvalue weighted by molar-refractivity contribution is 9.10. The van der Waals surface area contributed by atoms with Gasteiger partial charge in [0.05, 0.1) is 6.54 Å². The van der Waals surface area contributed by atoms with Gasteiger partial charge in [-0.3, -0.25) is 14.5 Å². The summed E-state index contributed by atoms with van der Waals surface area (Å²) in [7, 11) is 5.32. The second-order valence-corrected chi connectivity index (χ2v) is 6.94. The summed E-state index contributed by atoms with van der Waals surface area (Å²) in [5.74, 6) is -0.160. The number of carbonyl (C=O) groups is 2. The molecular formula is C19H22BrN3O2. The maximum atomic E-state index is 12.2. The SMILES string of the molecule is CN(CC(=O)Nc1ccc(C(=O)N(C)C)cc1)Cc1ccccc1Br. The number of anilines is 1. The Kier molecular flexibility index (Phi) is 6.73. The number of halogens is 1. The van der Waals surface area contributed by atoms with Crippen molar-refractivity contribution in [3.8, 4) is 0 Å². The van der Waals surface area contributed by atoms with E-state index in [1.807, 2.05) is 36.2 Å². The molecule has 0 saturated carbocycles. The third-order valence-corrected chi connectivity index (χ3v) is 4.41. The molecule has 0 spiro atoms. The highest BCUT2D eigenvalue weighted by Gasteiger charge is 2.11. The van der Waals surface area contributed by atoms with Crippen LogP contribution in [0.15, 0.2) is 53.0 Å². The van der Waals surface area contributed by atoms with Crippen LogP contribution in [0, 0.1) is 0 Å². The van der Waals surface area contributed by atoms with Crippen molar-refractivity contribution >= 4 is 33.4 Å². The van der Waals surface area contributed by atoms with E-state index in [2.05, 4.69) is 21.2 Å². The zero-order valence-electron chi connectivity index (χ0n) is 14.6. The molecule has 25 heavy (non-hydrogen) atoms. The van der Waals surface area contributed by atoms with E-state index in [-0.39, 0.29) is 18.4 Å². The minimum atomic E-state index is -0.0961. The summed E-state index contributed by atoms with van der Waals surface area (Å²) in [5, 5.41) is 2.85. The lowest BCUT2D eigenvalue weighted by Crippen LogP contribution is -2.30. The standard InChI is InChI=1S/C19H22BrN3O2/c1-22(2)19(25)14-8-10-16(11-9-14)21-18(24)13-23(3)12-15-6-4-5-7-17(15)20/h4-11H,12-13H2,1-3H3,(H,21,24). The smallest absolute Gasteiger partial charge is 0.253 e. The highest BCUT2D eigenvalue weighted by Crippen LogP contribution is 2.17. The number of hydrogen-bond acceptors (Lipinski definition) is 3. The predicted molar refractivity (Wildman–Crippen MR) is 104 cm³/mol. The van der Waals surface area contributed by atoms with Gasteiger partial charge in [0, 0.05) is 36.4 Å². The van der Waals surface area contributed by atoms with Crippen molar-refractivity contribution in [2.75, 3.05) is 33.0 Å². The first-order valence-electron chi connectivity index (χ1n) is 7.90. The Balaban J connectivity index is 1.89. The van der Waals surface area contributed by atoms with E-state index in [1.54, 1.807) is 38.4 Å². The first kappa shape index (κ1) is 19.1. The summed E-state index contributed by atoms with van der Waals surface area (Å²) in [6.45, 7) is 0.949. The molecule has 0 atom stereocenters. The van der Waals surface area contributed by atoms with Crippen molar-refractivity contribution in [2.24, 2.45) is 0 Å². The largest absolute Gasteiger partial charge is 0.345 e. The topological polar surface area (TPSA) is 52.7 Å². The van der Waals surface area contributed by atoms with E-state index in [0.29, 0.717) is 17.8 Å². The van der Waals surface area contributed by atoms with Crippen LogP contribution >= 0.6 is 15.9 Å². The van der Waals surface area contributed by atoms with Gasteiger partial charge in [0.2, 0.25) is 5.91 Å². The van der Waals surface area contributed by atoms with Crippen molar-refractivity contribution in [1.29, 1.82) is 0 Å². The number of hydrogen-bond donors (Lipinski definition) is 1. The monoisotopic (exact) mass is 403 g/mol. The Morgan fingerprint density at radius 2 is 1.64 bits per heavy atom. The molecular weight excluding hydrogens is 382 g/mol. The summed E-state index contributed by atoms with van der Waals surface area (Å²) < 4.78 is 1.03. The summed E-state index contributed by atoms with van der Waals surface area (Å²) in [6, 6.07) is 14.9. The Bertz CT molecular complexity index is 745. The molecule has 2 aromatic rings. The molecule has 0 aliphatic rings. The van der Waals surface area contributed by atoms with Gasteiger partial charge in [0.1, 0.15) is 0 Å². The predicted octanol–water partition coefficient (Wildman–Crippen LogP) is 3.22. The van der Waals surface area contributed by atoms with Crippen LogP contribution < -0.4 is 5.32 Å². The molecule has 0 aliphatic heterocycles. The van der Waals surface area contributed by atoms with Crippen LogP contribution in [-0.4, -0.2) is 49.3 Å². The molecule has 0 heterocycles. The third-order valence-electron chi connectivity index (χ3n) is 3.63. The molecule has 132 valence electrons. The molecule has 2 amide bonds. The maximum absolute atomic E-state index is 12.2. The van der Waals surface area contributed by atoms with E-state index in [0.717, 1.165) is 10.0 Å². The number of amides is 2. The molecule has 0 aromatic heterocycles. The molecule has 0 saturated heterocycles. The fourth-order valence-electron chi connectivity index (χ4n) is 2.37. The number of rotatable bonds is 6. The van der Waals surface area contributed by atoms with Gasteiger partial charge in [-0.15, -0.1) is 0 Å². The van der Waals surface area contributed by atoms with E-state index < -0.39 is 0 Å². The van der Waals surface area contributed by atoms with Crippen molar-refractivity contribution in [1.82, 2.24) is 9.80 Å². The average Bonchev–Trinajstić information content (AvgIpc) is 2.56. The molecule has 0 radical (unpaired) electrons. The number of carbonyl (C=O) groups excluding carboxylic acids is 2. The van der Waals surface area contributed by atoms with E-state index in [4.69, 9.17) is 0 Å². The summed E-state index contributed by atoms with van der Waals surface area (Å²) in [5.41, 5.74) is 2.40. The van der Waals surface area contributed by atoms with Gasteiger partial charge >= 0.3 is 0 Å². The van der Waals surface area contributed by atoms with Gasteiger partial charge in [-0.1, -0.05) is 34.1 Å². The lowest BCUT2D eigenvalue weighted by molar-refractivity contribution is -0.117. The number of nitrogens with zero attached hydrogens (tertiary/aromatic N) is 2. The second-order valence-electron chi connectivity index (χ2n) is 6.09. The van der Waals surface area contributed by atoms with Gasteiger partial charge in [-0.05, 0) is 42.9 Å². The van der Waals surface area contributed by atoms with Gasteiger partial charge in [-0.25, -0.2) is 0 Å². The molecule has 5 nitrogen and oxygen atoms in total. The highest BCUT2D eigenvalue weighted by atomic mass is 79.9. The van der Waals surface area contributed by atoms with Crippen molar-refractivity contribution in [2.45, 2.75) is 6.54 Å². The second kappa shape index (κ2) is 8.78. The molecule has 0 fully saturated rings. The molecule has 2 aromatic carbocycles. The molecule has 0 bridgehead atoms. The molecule has 2 rings (SSSR count). The molecule has 1 N–H and O–H groups in total. The van der Waals surface area contributed by atoms with Crippen LogP contribution in [0.4, 0.5) is 5.69 Å². The Labute approximate surface area is 156 Å². The van der Waals surface area contributed by atoms with Crippen LogP contribution in [-0.2, 0) is 11.3 Å². The average molecular weight is 404 g/mol. The van der Waals surface area contributed by atoms with Crippen LogP contribution in [0.2, 0.25) is 0 Å². The first-order chi connectivity index (χ1) is 11.9. The molecule has 6 heteroatoms. The van der Waals surface area contributed by atoms with Crippen molar-refractivity contribution in [3.05, 3.63) is 64.1 Å². The molecule has 0 aliphatic carbocycles. The number of nitrogens with one attached hydrogen (secondary N) is 1. The molecule has 0 unspecified atom stereocenters. The summed E-state index contributed by atoms with van der Waals surface area (Å²) in [4.78, 5) is 27.5. The normalized spacial score (nSPS) is 10.6. The van der Waals surface area contributed by atoms with Crippen LogP contribution in [0.5, 0.6) is 0 Å².